The van der Waals surface area contributed by atoms with E-state index in [1.165, 1.54) is 38.5 Å². The van der Waals surface area contributed by atoms with Crippen LogP contribution in [0.2, 0.25) is 10.0 Å². The summed E-state index contributed by atoms with van der Waals surface area (Å²) in [5.74, 6) is -0.161. The van der Waals surface area contributed by atoms with Gasteiger partial charge in [-0.05, 0) is 31.0 Å². The SMILES string of the molecule is C=C(CCCCCCCCCC)C(=O)Nc1cc(Cl)cc(Cl)c1. The van der Waals surface area contributed by atoms with Gasteiger partial charge in [-0.25, -0.2) is 0 Å². The molecule has 1 amide bonds. The van der Waals surface area contributed by atoms with Crippen molar-refractivity contribution in [2.45, 2.75) is 64.7 Å². The van der Waals surface area contributed by atoms with E-state index in [1.54, 1.807) is 18.2 Å². The summed E-state index contributed by atoms with van der Waals surface area (Å²) >= 11 is 11.8. The smallest absolute Gasteiger partial charge is 0.250 e. The van der Waals surface area contributed by atoms with E-state index in [-0.39, 0.29) is 5.91 Å². The third-order valence-electron chi connectivity index (χ3n) is 3.77. The number of rotatable bonds is 11. The van der Waals surface area contributed by atoms with Crippen LogP contribution in [0.4, 0.5) is 5.69 Å². The normalized spacial score (nSPS) is 10.6. The van der Waals surface area contributed by atoms with Crippen LogP contribution in [0.1, 0.15) is 64.7 Å². The van der Waals surface area contributed by atoms with Crippen LogP contribution in [0.25, 0.3) is 0 Å². The lowest BCUT2D eigenvalue weighted by molar-refractivity contribution is -0.113. The fourth-order valence-corrected chi connectivity index (χ4v) is 2.96. The fourth-order valence-electron chi connectivity index (χ4n) is 2.43. The van der Waals surface area contributed by atoms with Gasteiger partial charge < -0.3 is 5.32 Å². The van der Waals surface area contributed by atoms with Crippen LogP contribution < -0.4 is 5.32 Å². The van der Waals surface area contributed by atoms with Crippen molar-refractivity contribution in [2.75, 3.05) is 5.32 Å². The molecular weight excluding hydrogens is 329 g/mol. The zero-order valence-corrected chi connectivity index (χ0v) is 15.5. The topological polar surface area (TPSA) is 29.1 Å². The predicted molar refractivity (Wildman–Crippen MR) is 101 cm³/mol. The number of benzene rings is 1. The van der Waals surface area contributed by atoms with Crippen molar-refractivity contribution in [1.82, 2.24) is 0 Å². The van der Waals surface area contributed by atoms with Gasteiger partial charge in [0.05, 0.1) is 0 Å². The minimum Gasteiger partial charge on any atom is -0.322 e. The van der Waals surface area contributed by atoms with Gasteiger partial charge in [0.15, 0.2) is 0 Å². The van der Waals surface area contributed by atoms with Crippen molar-refractivity contribution >= 4 is 34.8 Å². The summed E-state index contributed by atoms with van der Waals surface area (Å²) in [7, 11) is 0. The maximum absolute atomic E-state index is 12.1. The van der Waals surface area contributed by atoms with Crippen LogP contribution in [-0.2, 0) is 4.79 Å². The molecule has 1 aromatic carbocycles. The first-order chi connectivity index (χ1) is 11.0. The summed E-state index contributed by atoms with van der Waals surface area (Å²) in [6.45, 7) is 6.11. The molecule has 128 valence electrons. The molecule has 0 unspecified atom stereocenters. The molecule has 0 heterocycles. The van der Waals surface area contributed by atoms with Crippen molar-refractivity contribution in [3.8, 4) is 0 Å². The van der Waals surface area contributed by atoms with Crippen LogP contribution in [0, 0.1) is 0 Å². The Bertz CT molecular complexity index is 494. The van der Waals surface area contributed by atoms with Gasteiger partial charge in [-0.3, -0.25) is 4.79 Å². The van der Waals surface area contributed by atoms with Gasteiger partial charge in [-0.2, -0.15) is 0 Å². The maximum Gasteiger partial charge on any atom is 0.250 e. The first-order valence-corrected chi connectivity index (χ1v) is 9.23. The van der Waals surface area contributed by atoms with E-state index in [0.29, 0.717) is 21.3 Å². The molecule has 0 saturated carbocycles. The molecule has 23 heavy (non-hydrogen) atoms. The van der Waals surface area contributed by atoms with Crippen molar-refractivity contribution in [3.63, 3.8) is 0 Å². The number of hydrogen-bond donors (Lipinski definition) is 1. The van der Waals surface area contributed by atoms with Crippen LogP contribution in [0.3, 0.4) is 0 Å². The van der Waals surface area contributed by atoms with Gasteiger partial charge in [-0.1, -0.05) is 81.7 Å². The summed E-state index contributed by atoms with van der Waals surface area (Å²) in [5.41, 5.74) is 1.21. The zero-order chi connectivity index (χ0) is 17.1. The van der Waals surface area contributed by atoms with Crippen molar-refractivity contribution in [3.05, 3.63) is 40.4 Å². The predicted octanol–water partition coefficient (Wildman–Crippen LogP) is 7.02. The second-order valence-corrected chi connectivity index (χ2v) is 6.81. The third kappa shape index (κ3) is 9.02. The van der Waals surface area contributed by atoms with Crippen LogP contribution in [0.15, 0.2) is 30.4 Å². The van der Waals surface area contributed by atoms with Gasteiger partial charge in [-0.15, -0.1) is 0 Å². The summed E-state index contributed by atoms with van der Waals surface area (Å²) < 4.78 is 0. The number of halogens is 2. The summed E-state index contributed by atoms with van der Waals surface area (Å²) in [4.78, 5) is 12.1. The number of hydrogen-bond acceptors (Lipinski definition) is 1. The lowest BCUT2D eigenvalue weighted by atomic mass is 10.0. The minimum absolute atomic E-state index is 0.161. The molecule has 1 aromatic rings. The number of carbonyl (C=O) groups is 1. The molecule has 4 heteroatoms. The highest BCUT2D eigenvalue weighted by atomic mass is 35.5. The number of nitrogens with one attached hydrogen (secondary N) is 1. The first kappa shape index (κ1) is 20.1. The Morgan fingerprint density at radius 2 is 1.48 bits per heavy atom. The molecule has 1 N–H and O–H groups in total. The molecule has 0 spiro atoms. The first-order valence-electron chi connectivity index (χ1n) is 8.48. The van der Waals surface area contributed by atoms with Gasteiger partial charge >= 0.3 is 0 Å². The highest BCUT2D eigenvalue weighted by molar-refractivity contribution is 6.35. The van der Waals surface area contributed by atoms with Crippen molar-refractivity contribution < 1.29 is 4.79 Å². The van der Waals surface area contributed by atoms with Gasteiger partial charge in [0, 0.05) is 21.3 Å². The maximum atomic E-state index is 12.1. The van der Waals surface area contributed by atoms with E-state index in [4.69, 9.17) is 23.2 Å². The zero-order valence-electron chi connectivity index (χ0n) is 14.0. The molecular formula is C19H27Cl2NO. The fraction of sp³-hybridized carbons (Fsp3) is 0.526. The molecule has 0 aliphatic heterocycles. The van der Waals surface area contributed by atoms with Crippen LogP contribution in [-0.4, -0.2) is 5.91 Å². The molecule has 0 saturated heterocycles. The molecule has 1 rings (SSSR count). The largest absolute Gasteiger partial charge is 0.322 e. The standard InChI is InChI=1S/C19H27Cl2NO/c1-3-4-5-6-7-8-9-10-11-15(2)19(23)22-18-13-16(20)12-17(21)14-18/h12-14H,2-11H2,1H3,(H,22,23). The Labute approximate surface area is 150 Å². The number of unbranched alkanes of at least 4 members (excludes halogenated alkanes) is 7. The Morgan fingerprint density at radius 3 is 2.04 bits per heavy atom. The van der Waals surface area contributed by atoms with E-state index in [9.17, 15) is 4.79 Å². The number of amides is 1. The molecule has 0 aliphatic rings. The van der Waals surface area contributed by atoms with Crippen molar-refractivity contribution in [2.24, 2.45) is 0 Å². The number of anilines is 1. The van der Waals surface area contributed by atoms with Crippen LogP contribution >= 0.6 is 23.2 Å². The monoisotopic (exact) mass is 355 g/mol. The minimum atomic E-state index is -0.161. The summed E-state index contributed by atoms with van der Waals surface area (Å²) in [6, 6.07) is 4.98. The average Bonchev–Trinajstić information content (AvgIpc) is 2.48. The lowest BCUT2D eigenvalue weighted by Gasteiger charge is -2.08. The highest BCUT2D eigenvalue weighted by Gasteiger charge is 2.08. The molecule has 0 aromatic heterocycles. The van der Waals surface area contributed by atoms with Gasteiger partial charge in [0.1, 0.15) is 0 Å². The van der Waals surface area contributed by atoms with E-state index in [0.717, 1.165) is 19.3 Å². The Balaban J connectivity index is 2.20. The second kappa shape index (κ2) is 11.5. The average molecular weight is 356 g/mol. The van der Waals surface area contributed by atoms with Gasteiger partial charge in [0.2, 0.25) is 0 Å². The van der Waals surface area contributed by atoms with E-state index in [1.807, 2.05) is 0 Å². The molecule has 0 bridgehead atoms. The summed E-state index contributed by atoms with van der Waals surface area (Å²) in [6.07, 6.45) is 10.7. The molecule has 2 nitrogen and oxygen atoms in total. The van der Waals surface area contributed by atoms with E-state index in [2.05, 4.69) is 18.8 Å². The highest BCUT2D eigenvalue weighted by Crippen LogP contribution is 2.23. The Kier molecular flexibility index (Phi) is 10.1. The molecule has 0 aliphatic carbocycles. The quantitative estimate of drug-likeness (QED) is 0.335. The Hall–Kier alpha value is -0.990. The van der Waals surface area contributed by atoms with Crippen molar-refractivity contribution in [1.29, 1.82) is 0 Å². The lowest BCUT2D eigenvalue weighted by Crippen LogP contribution is -2.13. The van der Waals surface area contributed by atoms with E-state index < -0.39 is 0 Å². The van der Waals surface area contributed by atoms with E-state index >= 15 is 0 Å². The number of carbonyl (C=O) groups excluding carboxylic acids is 1. The molecule has 0 radical (unpaired) electrons. The summed E-state index contributed by atoms with van der Waals surface area (Å²) in [5, 5.41) is 3.79. The molecule has 0 fully saturated rings. The molecule has 0 atom stereocenters. The van der Waals surface area contributed by atoms with Gasteiger partial charge in [0.25, 0.3) is 5.91 Å². The Morgan fingerprint density at radius 1 is 0.957 bits per heavy atom. The second-order valence-electron chi connectivity index (χ2n) is 5.94. The van der Waals surface area contributed by atoms with Crippen LogP contribution in [0.5, 0.6) is 0 Å². The third-order valence-corrected chi connectivity index (χ3v) is 4.21.